The zero-order valence-corrected chi connectivity index (χ0v) is 4.92. The number of nitrogens with zero attached hydrogens (tertiary/aromatic N) is 1. The summed E-state index contributed by atoms with van der Waals surface area (Å²) in [5, 5.41) is 0. The fourth-order valence-corrected chi connectivity index (χ4v) is 0.246. The number of hydrogen-bond acceptors (Lipinski definition) is 2. The van der Waals surface area contributed by atoms with Crippen molar-refractivity contribution in [2.45, 2.75) is 0 Å². The summed E-state index contributed by atoms with van der Waals surface area (Å²) in [4.78, 5) is 11.8. The van der Waals surface area contributed by atoms with Crippen molar-refractivity contribution in [3.8, 4) is 0 Å². The molecule has 0 spiro atoms. The first-order chi connectivity index (χ1) is 3.72. The molecule has 0 aliphatic heterocycles. The van der Waals surface area contributed by atoms with Gasteiger partial charge in [0, 0.05) is 7.05 Å². The number of rotatable bonds is 2. The van der Waals surface area contributed by atoms with Gasteiger partial charge in [-0.2, -0.15) is 0 Å². The van der Waals surface area contributed by atoms with E-state index < -0.39 is 0 Å². The van der Waals surface area contributed by atoms with Crippen LogP contribution in [0, 0.1) is 0 Å². The maximum atomic E-state index is 10.5. The third-order valence-corrected chi connectivity index (χ3v) is 0.825. The van der Waals surface area contributed by atoms with Crippen molar-refractivity contribution < 1.29 is 4.79 Å². The predicted molar refractivity (Wildman–Crippen MR) is 32.0 cm³/mol. The van der Waals surface area contributed by atoms with Crippen LogP contribution in [-0.4, -0.2) is 24.5 Å². The zero-order valence-electron chi connectivity index (χ0n) is 4.92. The number of amides is 1. The summed E-state index contributed by atoms with van der Waals surface area (Å²) in [5.41, 5.74) is 5.11. The second kappa shape index (κ2) is 3.21. The molecule has 3 nitrogen and oxygen atoms in total. The molecule has 0 aliphatic rings. The van der Waals surface area contributed by atoms with E-state index in [0.29, 0.717) is 0 Å². The first-order valence-electron chi connectivity index (χ1n) is 2.30. The van der Waals surface area contributed by atoms with E-state index in [9.17, 15) is 4.79 Å². The van der Waals surface area contributed by atoms with Gasteiger partial charge >= 0.3 is 0 Å². The Labute approximate surface area is 48.8 Å². The first kappa shape index (κ1) is 7.17. The minimum Gasteiger partial charge on any atom is -0.330 e. The van der Waals surface area contributed by atoms with Gasteiger partial charge in [-0.25, -0.2) is 0 Å². The van der Waals surface area contributed by atoms with E-state index in [1.165, 1.54) is 11.0 Å². The molecule has 0 aromatic carbocycles. The van der Waals surface area contributed by atoms with Crippen LogP contribution in [0.4, 0.5) is 0 Å². The van der Waals surface area contributed by atoms with Crippen LogP contribution in [0.2, 0.25) is 0 Å². The third kappa shape index (κ3) is 1.75. The number of carbonyl (C=O) groups is 1. The van der Waals surface area contributed by atoms with Gasteiger partial charge in [0.15, 0.2) is 0 Å². The lowest BCUT2D eigenvalue weighted by Gasteiger charge is -2.09. The zero-order chi connectivity index (χ0) is 6.57. The molecule has 8 heavy (non-hydrogen) atoms. The second-order valence-electron chi connectivity index (χ2n) is 1.42. The predicted octanol–water partition coefficient (Wildman–Crippen LogP) is -0.453. The van der Waals surface area contributed by atoms with Crippen LogP contribution < -0.4 is 5.73 Å². The van der Waals surface area contributed by atoms with Gasteiger partial charge in [-0.1, -0.05) is 6.58 Å². The Hall–Kier alpha value is -0.830. The van der Waals surface area contributed by atoms with Crippen LogP contribution in [0.25, 0.3) is 0 Å². The number of nitrogens with two attached hydrogens (primary N) is 1. The molecule has 0 saturated carbocycles. The lowest BCUT2D eigenvalue weighted by molar-refractivity contribution is -0.124. The van der Waals surface area contributed by atoms with Gasteiger partial charge in [0.25, 0.3) is 0 Å². The van der Waals surface area contributed by atoms with E-state index in [4.69, 9.17) is 5.73 Å². The summed E-state index contributed by atoms with van der Waals surface area (Å²) < 4.78 is 0. The SMILES string of the molecule is C=CC(=O)N(C)CN. The number of carbonyl (C=O) groups excluding carboxylic acids is 1. The molecular formula is C5H10N2O. The van der Waals surface area contributed by atoms with Crippen molar-refractivity contribution in [1.82, 2.24) is 4.90 Å². The van der Waals surface area contributed by atoms with Crippen molar-refractivity contribution in [2.75, 3.05) is 13.7 Å². The molecule has 0 aromatic rings. The van der Waals surface area contributed by atoms with Crippen LogP contribution in [0.3, 0.4) is 0 Å². The van der Waals surface area contributed by atoms with E-state index in [2.05, 4.69) is 6.58 Å². The molecule has 0 bridgehead atoms. The average molecular weight is 114 g/mol. The summed E-state index contributed by atoms with van der Waals surface area (Å²) in [5.74, 6) is -0.146. The Balaban J connectivity index is 3.62. The molecule has 1 amide bonds. The highest BCUT2D eigenvalue weighted by Crippen LogP contribution is 1.78. The molecule has 46 valence electrons. The van der Waals surface area contributed by atoms with Crippen LogP contribution in [0.15, 0.2) is 12.7 Å². The van der Waals surface area contributed by atoms with Gasteiger partial charge in [-0.05, 0) is 6.08 Å². The quantitative estimate of drug-likeness (QED) is 0.390. The molecule has 0 radical (unpaired) electrons. The lowest BCUT2D eigenvalue weighted by atomic mass is 10.5. The van der Waals surface area contributed by atoms with Gasteiger partial charge in [0.05, 0.1) is 6.67 Å². The summed E-state index contributed by atoms with van der Waals surface area (Å²) in [6.07, 6.45) is 1.23. The van der Waals surface area contributed by atoms with E-state index in [0.717, 1.165) is 0 Å². The Morgan fingerprint density at radius 2 is 2.50 bits per heavy atom. The van der Waals surface area contributed by atoms with Crippen molar-refractivity contribution in [1.29, 1.82) is 0 Å². The van der Waals surface area contributed by atoms with Gasteiger partial charge in [0.1, 0.15) is 0 Å². The Kier molecular flexibility index (Phi) is 2.88. The van der Waals surface area contributed by atoms with Gasteiger partial charge in [-0.3, -0.25) is 4.79 Å². The summed E-state index contributed by atoms with van der Waals surface area (Å²) in [7, 11) is 1.62. The fourth-order valence-electron chi connectivity index (χ4n) is 0.246. The molecule has 0 heterocycles. The summed E-state index contributed by atoms with van der Waals surface area (Å²) in [6.45, 7) is 3.52. The molecule has 3 heteroatoms. The Morgan fingerprint density at radius 1 is 2.00 bits per heavy atom. The standard InChI is InChI=1S/C5H10N2O/c1-3-5(8)7(2)4-6/h3H,1,4,6H2,2H3. The van der Waals surface area contributed by atoms with Crippen molar-refractivity contribution in [3.63, 3.8) is 0 Å². The largest absolute Gasteiger partial charge is 0.330 e. The topological polar surface area (TPSA) is 46.3 Å². The Bertz CT molecular complexity index is 101. The Morgan fingerprint density at radius 3 is 2.62 bits per heavy atom. The van der Waals surface area contributed by atoms with Gasteiger partial charge in [0.2, 0.25) is 5.91 Å². The van der Waals surface area contributed by atoms with Gasteiger partial charge < -0.3 is 10.6 Å². The molecule has 0 rings (SSSR count). The highest BCUT2D eigenvalue weighted by Gasteiger charge is 1.97. The minimum absolute atomic E-state index is 0.146. The molecule has 0 atom stereocenters. The number of likely N-dealkylation sites (N-methyl/N-ethyl adjacent to an activating group) is 1. The highest BCUT2D eigenvalue weighted by atomic mass is 16.2. The average Bonchev–Trinajstić information content (AvgIpc) is 1.84. The van der Waals surface area contributed by atoms with Crippen molar-refractivity contribution in [3.05, 3.63) is 12.7 Å². The van der Waals surface area contributed by atoms with E-state index in [1.54, 1.807) is 7.05 Å². The lowest BCUT2D eigenvalue weighted by Crippen LogP contribution is -2.30. The van der Waals surface area contributed by atoms with Crippen LogP contribution >= 0.6 is 0 Å². The van der Waals surface area contributed by atoms with Crippen LogP contribution in [0.1, 0.15) is 0 Å². The smallest absolute Gasteiger partial charge is 0.246 e. The molecule has 0 aliphatic carbocycles. The van der Waals surface area contributed by atoms with E-state index in [-0.39, 0.29) is 12.6 Å². The minimum atomic E-state index is -0.146. The monoisotopic (exact) mass is 114 g/mol. The van der Waals surface area contributed by atoms with E-state index >= 15 is 0 Å². The molecule has 0 fully saturated rings. The maximum absolute atomic E-state index is 10.5. The molecule has 0 unspecified atom stereocenters. The van der Waals surface area contributed by atoms with Crippen LogP contribution in [0.5, 0.6) is 0 Å². The van der Waals surface area contributed by atoms with Crippen molar-refractivity contribution >= 4 is 5.91 Å². The van der Waals surface area contributed by atoms with E-state index in [1.807, 2.05) is 0 Å². The first-order valence-corrected chi connectivity index (χ1v) is 2.30. The normalized spacial score (nSPS) is 8.25. The van der Waals surface area contributed by atoms with Gasteiger partial charge in [-0.15, -0.1) is 0 Å². The molecule has 0 saturated heterocycles. The van der Waals surface area contributed by atoms with Crippen molar-refractivity contribution in [2.24, 2.45) is 5.73 Å². The maximum Gasteiger partial charge on any atom is 0.246 e. The molecule has 2 N–H and O–H groups in total. The molecule has 0 aromatic heterocycles. The summed E-state index contributed by atoms with van der Waals surface area (Å²) >= 11 is 0. The van der Waals surface area contributed by atoms with Crippen LogP contribution in [-0.2, 0) is 4.79 Å². The highest BCUT2D eigenvalue weighted by molar-refractivity contribution is 5.86. The summed E-state index contributed by atoms with van der Waals surface area (Å²) in [6, 6.07) is 0. The molecular weight excluding hydrogens is 104 g/mol. The second-order valence-corrected chi connectivity index (χ2v) is 1.42. The third-order valence-electron chi connectivity index (χ3n) is 0.825. The number of hydrogen-bond donors (Lipinski definition) is 1. The fraction of sp³-hybridized carbons (Fsp3) is 0.400.